The predicted octanol–water partition coefficient (Wildman–Crippen LogP) is 2.15. The molecular formula is C19H27N3O2. The van der Waals surface area contributed by atoms with Crippen LogP contribution < -0.4 is 5.56 Å². The fraction of sp³-hybridized carbons (Fsp3) is 0.579. The summed E-state index contributed by atoms with van der Waals surface area (Å²) in [5, 5.41) is 0. The summed E-state index contributed by atoms with van der Waals surface area (Å²) in [5.41, 5.74) is 2.44. The van der Waals surface area contributed by atoms with Crippen LogP contribution in [0.15, 0.2) is 29.2 Å². The van der Waals surface area contributed by atoms with Crippen molar-refractivity contribution in [2.75, 3.05) is 32.8 Å². The van der Waals surface area contributed by atoms with E-state index in [-0.39, 0.29) is 5.56 Å². The van der Waals surface area contributed by atoms with E-state index in [4.69, 9.17) is 4.74 Å². The van der Waals surface area contributed by atoms with Gasteiger partial charge in [-0.2, -0.15) is 0 Å². The molecule has 1 saturated heterocycles. The van der Waals surface area contributed by atoms with Gasteiger partial charge in [-0.15, -0.1) is 0 Å². The molecule has 3 rings (SSSR count). The molecule has 0 aromatic carbocycles. The Morgan fingerprint density at radius 2 is 2.21 bits per heavy atom. The smallest absolute Gasteiger partial charge is 0.261 e. The molecule has 5 nitrogen and oxygen atoms in total. The summed E-state index contributed by atoms with van der Waals surface area (Å²) in [4.78, 5) is 19.8. The minimum absolute atomic E-state index is 0.0598. The highest BCUT2D eigenvalue weighted by Gasteiger charge is 2.21. The Bertz CT molecular complexity index is 754. The van der Waals surface area contributed by atoms with Crippen LogP contribution in [-0.4, -0.2) is 47.1 Å². The van der Waals surface area contributed by atoms with Crippen LogP contribution in [0.4, 0.5) is 0 Å². The summed E-state index contributed by atoms with van der Waals surface area (Å²) in [6.45, 7) is 10.9. The largest absolute Gasteiger partial charge is 0.380 e. The fourth-order valence-corrected chi connectivity index (χ4v) is 3.30. The van der Waals surface area contributed by atoms with E-state index < -0.39 is 0 Å². The Labute approximate surface area is 143 Å². The summed E-state index contributed by atoms with van der Waals surface area (Å²) in [6.07, 6.45) is 2.53. The standard InChI is InChI=1S/C19H27N3O2/c1-14(2)16-12-21(10-11-24-13-16)9-7-17-15(3)20-18-6-4-5-8-22(18)19(17)23/h4-6,8,14,16H,7,9-13H2,1-3H3. The Kier molecular flexibility index (Phi) is 5.31. The number of rotatable bonds is 4. The Hall–Kier alpha value is -1.72. The zero-order valence-corrected chi connectivity index (χ0v) is 14.9. The van der Waals surface area contributed by atoms with Crippen LogP contribution in [0.5, 0.6) is 0 Å². The number of pyridine rings is 1. The second-order valence-corrected chi connectivity index (χ2v) is 7.04. The molecule has 24 heavy (non-hydrogen) atoms. The van der Waals surface area contributed by atoms with Crippen molar-refractivity contribution in [3.8, 4) is 0 Å². The molecule has 1 atom stereocenters. The molecule has 0 spiro atoms. The highest BCUT2D eigenvalue weighted by atomic mass is 16.5. The third-order valence-electron chi connectivity index (χ3n) is 5.03. The van der Waals surface area contributed by atoms with Crippen LogP contribution in [0.2, 0.25) is 0 Å². The first-order valence-corrected chi connectivity index (χ1v) is 8.83. The van der Waals surface area contributed by atoms with Crippen molar-refractivity contribution in [1.82, 2.24) is 14.3 Å². The zero-order valence-electron chi connectivity index (χ0n) is 14.9. The van der Waals surface area contributed by atoms with Gasteiger partial charge >= 0.3 is 0 Å². The van der Waals surface area contributed by atoms with Gasteiger partial charge in [0, 0.05) is 37.1 Å². The highest BCUT2D eigenvalue weighted by Crippen LogP contribution is 2.16. The van der Waals surface area contributed by atoms with E-state index in [9.17, 15) is 4.79 Å². The van der Waals surface area contributed by atoms with Crippen LogP contribution in [0, 0.1) is 18.8 Å². The van der Waals surface area contributed by atoms with Crippen molar-refractivity contribution in [2.45, 2.75) is 27.2 Å². The van der Waals surface area contributed by atoms with Gasteiger partial charge in [0.25, 0.3) is 5.56 Å². The highest BCUT2D eigenvalue weighted by molar-refractivity contribution is 5.40. The van der Waals surface area contributed by atoms with Crippen LogP contribution >= 0.6 is 0 Å². The Morgan fingerprint density at radius 3 is 3.00 bits per heavy atom. The van der Waals surface area contributed by atoms with Gasteiger partial charge in [0.1, 0.15) is 5.65 Å². The number of aromatic nitrogens is 2. The lowest BCUT2D eigenvalue weighted by molar-refractivity contribution is 0.108. The zero-order chi connectivity index (χ0) is 17.1. The SMILES string of the molecule is Cc1nc2ccccn2c(=O)c1CCN1CCOCC(C(C)C)C1. The van der Waals surface area contributed by atoms with Gasteiger partial charge in [0.15, 0.2) is 0 Å². The molecule has 0 amide bonds. The Morgan fingerprint density at radius 1 is 1.38 bits per heavy atom. The number of fused-ring (bicyclic) bond motifs is 1. The molecule has 1 unspecified atom stereocenters. The molecule has 2 aromatic heterocycles. The molecule has 1 aliphatic heterocycles. The molecule has 3 heterocycles. The molecule has 1 aliphatic rings. The predicted molar refractivity (Wildman–Crippen MR) is 95.5 cm³/mol. The van der Waals surface area contributed by atoms with E-state index in [1.54, 1.807) is 10.6 Å². The van der Waals surface area contributed by atoms with Gasteiger partial charge in [-0.25, -0.2) is 4.98 Å². The van der Waals surface area contributed by atoms with Gasteiger partial charge < -0.3 is 9.64 Å². The number of hydrogen-bond acceptors (Lipinski definition) is 4. The lowest BCUT2D eigenvalue weighted by atomic mass is 9.96. The molecule has 1 fully saturated rings. The molecule has 0 saturated carbocycles. The van der Waals surface area contributed by atoms with Gasteiger partial charge in [-0.05, 0) is 37.3 Å². The van der Waals surface area contributed by atoms with E-state index >= 15 is 0 Å². The van der Waals surface area contributed by atoms with E-state index in [0.717, 1.165) is 50.5 Å². The van der Waals surface area contributed by atoms with Crippen LogP contribution in [-0.2, 0) is 11.2 Å². The quantitative estimate of drug-likeness (QED) is 0.862. The third-order valence-corrected chi connectivity index (χ3v) is 5.03. The summed E-state index contributed by atoms with van der Waals surface area (Å²) < 4.78 is 7.38. The average molecular weight is 329 g/mol. The average Bonchev–Trinajstić information content (AvgIpc) is 2.80. The topological polar surface area (TPSA) is 46.8 Å². The second kappa shape index (κ2) is 7.45. The monoisotopic (exact) mass is 329 g/mol. The first-order chi connectivity index (χ1) is 11.6. The lowest BCUT2D eigenvalue weighted by Gasteiger charge is -2.25. The van der Waals surface area contributed by atoms with E-state index in [1.807, 2.05) is 25.1 Å². The first-order valence-electron chi connectivity index (χ1n) is 8.83. The van der Waals surface area contributed by atoms with Gasteiger partial charge in [0.05, 0.1) is 13.2 Å². The number of nitrogens with zero attached hydrogens (tertiary/aromatic N) is 3. The third kappa shape index (κ3) is 3.68. The second-order valence-electron chi connectivity index (χ2n) is 7.04. The number of ether oxygens (including phenoxy) is 1. The lowest BCUT2D eigenvalue weighted by Crippen LogP contribution is -2.35. The van der Waals surface area contributed by atoms with E-state index in [0.29, 0.717) is 17.5 Å². The molecule has 130 valence electrons. The summed E-state index contributed by atoms with van der Waals surface area (Å²) in [5.74, 6) is 1.17. The first kappa shape index (κ1) is 17.1. The molecule has 0 N–H and O–H groups in total. The van der Waals surface area contributed by atoms with E-state index in [1.165, 1.54) is 0 Å². The number of hydrogen-bond donors (Lipinski definition) is 0. The van der Waals surface area contributed by atoms with E-state index in [2.05, 4.69) is 23.7 Å². The van der Waals surface area contributed by atoms with Crippen molar-refractivity contribution in [3.05, 3.63) is 46.0 Å². The van der Waals surface area contributed by atoms with Crippen molar-refractivity contribution in [3.63, 3.8) is 0 Å². The summed E-state index contributed by atoms with van der Waals surface area (Å²) >= 11 is 0. The molecular weight excluding hydrogens is 302 g/mol. The fourth-order valence-electron chi connectivity index (χ4n) is 3.30. The number of aryl methyl sites for hydroxylation is 1. The minimum Gasteiger partial charge on any atom is -0.380 e. The van der Waals surface area contributed by atoms with Crippen molar-refractivity contribution >= 4 is 5.65 Å². The maximum absolute atomic E-state index is 12.7. The maximum Gasteiger partial charge on any atom is 0.261 e. The van der Waals surface area contributed by atoms with Gasteiger partial charge in [0.2, 0.25) is 0 Å². The van der Waals surface area contributed by atoms with Crippen LogP contribution in [0.3, 0.4) is 0 Å². The van der Waals surface area contributed by atoms with Crippen molar-refractivity contribution in [1.29, 1.82) is 0 Å². The molecule has 0 aliphatic carbocycles. The van der Waals surface area contributed by atoms with Crippen molar-refractivity contribution in [2.24, 2.45) is 11.8 Å². The molecule has 2 aromatic rings. The normalized spacial score (nSPS) is 19.8. The summed E-state index contributed by atoms with van der Waals surface area (Å²) in [6, 6.07) is 5.65. The van der Waals surface area contributed by atoms with Crippen LogP contribution in [0.25, 0.3) is 5.65 Å². The molecule has 0 bridgehead atoms. The van der Waals surface area contributed by atoms with Crippen molar-refractivity contribution < 1.29 is 4.74 Å². The molecule has 0 radical (unpaired) electrons. The Balaban J connectivity index is 1.76. The molecule has 5 heteroatoms. The van der Waals surface area contributed by atoms with Gasteiger partial charge in [-0.3, -0.25) is 9.20 Å². The van der Waals surface area contributed by atoms with Crippen LogP contribution in [0.1, 0.15) is 25.1 Å². The van der Waals surface area contributed by atoms with Gasteiger partial charge in [-0.1, -0.05) is 19.9 Å². The minimum atomic E-state index is 0.0598. The summed E-state index contributed by atoms with van der Waals surface area (Å²) in [7, 11) is 0. The maximum atomic E-state index is 12.7.